The van der Waals surface area contributed by atoms with Crippen molar-refractivity contribution in [3.05, 3.63) is 81.8 Å². The fourth-order valence-corrected chi connectivity index (χ4v) is 3.69. The SMILES string of the molecule is CCOC(=O)c1nn(-c2ccc(C)cc2)c(=O)cc1OS(=O)(=O)c1cccc(C)c1. The zero-order valence-corrected chi connectivity index (χ0v) is 17.5. The maximum atomic E-state index is 12.7. The molecule has 1 aromatic heterocycles. The zero-order chi connectivity index (χ0) is 21.9. The first-order chi connectivity index (χ1) is 14.2. The van der Waals surface area contributed by atoms with E-state index in [4.69, 9.17) is 8.92 Å². The molecule has 1 heterocycles. The number of hydrogen-bond donors (Lipinski definition) is 0. The lowest BCUT2D eigenvalue weighted by atomic mass is 10.2. The first-order valence-electron chi connectivity index (χ1n) is 9.11. The van der Waals surface area contributed by atoms with Crippen molar-refractivity contribution in [1.82, 2.24) is 9.78 Å². The van der Waals surface area contributed by atoms with Crippen LogP contribution in [-0.4, -0.2) is 30.8 Å². The van der Waals surface area contributed by atoms with Gasteiger partial charge in [0.25, 0.3) is 5.56 Å². The molecule has 0 atom stereocenters. The van der Waals surface area contributed by atoms with Gasteiger partial charge in [-0.2, -0.15) is 18.2 Å². The van der Waals surface area contributed by atoms with Crippen LogP contribution in [0.5, 0.6) is 5.75 Å². The normalized spacial score (nSPS) is 11.2. The molecule has 0 saturated heterocycles. The average molecular weight is 428 g/mol. The van der Waals surface area contributed by atoms with E-state index in [1.54, 1.807) is 50.2 Å². The van der Waals surface area contributed by atoms with Crippen LogP contribution in [0, 0.1) is 13.8 Å². The van der Waals surface area contributed by atoms with Crippen molar-refractivity contribution in [2.45, 2.75) is 25.7 Å². The van der Waals surface area contributed by atoms with Gasteiger partial charge < -0.3 is 8.92 Å². The number of carbonyl (C=O) groups is 1. The summed E-state index contributed by atoms with van der Waals surface area (Å²) < 4.78 is 36.4. The van der Waals surface area contributed by atoms with E-state index in [2.05, 4.69) is 5.10 Å². The largest absolute Gasteiger partial charge is 0.461 e. The number of aryl methyl sites for hydroxylation is 2. The topological polar surface area (TPSA) is 105 Å². The minimum absolute atomic E-state index is 0.0360. The summed E-state index contributed by atoms with van der Waals surface area (Å²) in [6.07, 6.45) is 0. The molecule has 0 bridgehead atoms. The molecule has 0 unspecified atom stereocenters. The Morgan fingerprint density at radius 2 is 1.73 bits per heavy atom. The minimum Gasteiger partial charge on any atom is -0.461 e. The van der Waals surface area contributed by atoms with Crippen molar-refractivity contribution in [2.24, 2.45) is 0 Å². The Morgan fingerprint density at radius 3 is 2.37 bits per heavy atom. The van der Waals surface area contributed by atoms with Crippen molar-refractivity contribution in [3.8, 4) is 11.4 Å². The van der Waals surface area contributed by atoms with Crippen LogP contribution in [0.3, 0.4) is 0 Å². The predicted molar refractivity (Wildman–Crippen MR) is 110 cm³/mol. The first kappa shape index (κ1) is 21.3. The second-order valence-corrected chi connectivity index (χ2v) is 8.06. The molecule has 0 spiro atoms. The third kappa shape index (κ3) is 4.57. The van der Waals surface area contributed by atoms with Gasteiger partial charge in [0, 0.05) is 0 Å². The van der Waals surface area contributed by atoms with Gasteiger partial charge >= 0.3 is 16.1 Å². The molecule has 0 fully saturated rings. The van der Waals surface area contributed by atoms with Gasteiger partial charge in [-0.15, -0.1) is 0 Å². The number of carbonyl (C=O) groups excluding carboxylic acids is 1. The molecule has 3 rings (SSSR count). The number of ether oxygens (including phenoxy) is 1. The average Bonchev–Trinajstić information content (AvgIpc) is 2.69. The second-order valence-electron chi connectivity index (χ2n) is 6.52. The van der Waals surface area contributed by atoms with Crippen molar-refractivity contribution >= 4 is 16.1 Å². The molecule has 0 radical (unpaired) electrons. The van der Waals surface area contributed by atoms with Crippen molar-refractivity contribution in [1.29, 1.82) is 0 Å². The molecular formula is C21H20N2O6S. The fourth-order valence-electron chi connectivity index (χ4n) is 2.65. The molecule has 0 saturated carbocycles. The van der Waals surface area contributed by atoms with Gasteiger partial charge in [0.1, 0.15) is 4.90 Å². The lowest BCUT2D eigenvalue weighted by Gasteiger charge is -2.13. The monoisotopic (exact) mass is 428 g/mol. The highest BCUT2D eigenvalue weighted by Gasteiger charge is 2.25. The molecule has 0 amide bonds. The Balaban J connectivity index is 2.11. The molecule has 0 aliphatic carbocycles. The molecule has 9 heteroatoms. The quantitative estimate of drug-likeness (QED) is 0.439. The summed E-state index contributed by atoms with van der Waals surface area (Å²) in [7, 11) is -4.30. The molecular weight excluding hydrogens is 408 g/mol. The number of hydrogen-bond acceptors (Lipinski definition) is 7. The smallest absolute Gasteiger partial charge is 0.362 e. The van der Waals surface area contributed by atoms with Crippen LogP contribution in [0.2, 0.25) is 0 Å². The highest BCUT2D eigenvalue weighted by Crippen LogP contribution is 2.22. The maximum absolute atomic E-state index is 12.7. The van der Waals surface area contributed by atoms with Gasteiger partial charge in [0.05, 0.1) is 18.4 Å². The Morgan fingerprint density at radius 1 is 1.03 bits per heavy atom. The maximum Gasteiger partial charge on any atom is 0.362 e. The summed E-state index contributed by atoms with van der Waals surface area (Å²) in [6, 6.07) is 13.8. The highest BCUT2D eigenvalue weighted by atomic mass is 32.2. The van der Waals surface area contributed by atoms with Crippen LogP contribution in [0.15, 0.2) is 64.3 Å². The fraction of sp³-hybridized carbons (Fsp3) is 0.190. The van der Waals surface area contributed by atoms with E-state index in [1.807, 2.05) is 6.92 Å². The van der Waals surface area contributed by atoms with Gasteiger partial charge in [-0.1, -0.05) is 29.8 Å². The van der Waals surface area contributed by atoms with Crippen LogP contribution in [0.25, 0.3) is 5.69 Å². The van der Waals surface area contributed by atoms with E-state index in [-0.39, 0.29) is 11.5 Å². The van der Waals surface area contributed by atoms with Crippen molar-refractivity contribution in [2.75, 3.05) is 6.61 Å². The van der Waals surface area contributed by atoms with E-state index in [0.29, 0.717) is 11.3 Å². The molecule has 0 N–H and O–H groups in total. The van der Waals surface area contributed by atoms with Crippen molar-refractivity contribution < 1.29 is 22.1 Å². The summed E-state index contributed by atoms with van der Waals surface area (Å²) >= 11 is 0. The zero-order valence-electron chi connectivity index (χ0n) is 16.7. The van der Waals surface area contributed by atoms with E-state index < -0.39 is 33.1 Å². The number of benzene rings is 2. The summed E-state index contributed by atoms with van der Waals surface area (Å²) in [6.45, 7) is 5.25. The highest BCUT2D eigenvalue weighted by molar-refractivity contribution is 7.87. The molecule has 0 aliphatic rings. The van der Waals surface area contributed by atoms with Gasteiger partial charge in [-0.05, 0) is 50.6 Å². The van der Waals surface area contributed by atoms with Crippen LogP contribution < -0.4 is 9.74 Å². The molecule has 0 aliphatic heterocycles. The van der Waals surface area contributed by atoms with Crippen LogP contribution in [0.1, 0.15) is 28.5 Å². The number of aromatic nitrogens is 2. The van der Waals surface area contributed by atoms with Crippen molar-refractivity contribution in [3.63, 3.8) is 0 Å². The van der Waals surface area contributed by atoms with E-state index in [1.165, 1.54) is 12.1 Å². The Hall–Kier alpha value is -3.46. The Kier molecular flexibility index (Phi) is 6.02. The summed E-state index contributed by atoms with van der Waals surface area (Å²) in [5, 5.41) is 4.03. The third-order valence-electron chi connectivity index (χ3n) is 4.12. The van der Waals surface area contributed by atoms with Gasteiger partial charge in [-0.3, -0.25) is 4.79 Å². The first-order valence-corrected chi connectivity index (χ1v) is 10.5. The minimum atomic E-state index is -4.30. The second kappa shape index (κ2) is 8.50. The number of rotatable bonds is 6. The molecule has 3 aromatic rings. The number of esters is 1. The standard InChI is InChI=1S/C21H20N2O6S/c1-4-28-21(25)20-18(29-30(26,27)17-7-5-6-15(3)12-17)13-19(24)23(22-20)16-10-8-14(2)9-11-16/h5-13H,4H2,1-3H3. The van der Waals surface area contributed by atoms with Gasteiger partial charge in [-0.25, -0.2) is 4.79 Å². The van der Waals surface area contributed by atoms with Crippen LogP contribution in [0.4, 0.5) is 0 Å². The molecule has 30 heavy (non-hydrogen) atoms. The van der Waals surface area contributed by atoms with Gasteiger partial charge in [0.15, 0.2) is 5.75 Å². The van der Waals surface area contributed by atoms with Crippen LogP contribution in [-0.2, 0) is 14.9 Å². The van der Waals surface area contributed by atoms with E-state index in [0.717, 1.165) is 16.3 Å². The summed E-state index contributed by atoms with van der Waals surface area (Å²) in [5.41, 5.74) is 0.999. The lowest BCUT2D eigenvalue weighted by molar-refractivity contribution is 0.0515. The van der Waals surface area contributed by atoms with Gasteiger partial charge in [0.2, 0.25) is 5.69 Å². The molecule has 156 valence electrons. The Labute approximate surface area is 173 Å². The predicted octanol–water partition coefficient (Wildman–Crippen LogP) is 2.79. The van der Waals surface area contributed by atoms with E-state index in [9.17, 15) is 18.0 Å². The Bertz CT molecular complexity index is 1250. The van der Waals surface area contributed by atoms with E-state index >= 15 is 0 Å². The lowest BCUT2D eigenvalue weighted by Crippen LogP contribution is -2.26. The molecule has 2 aromatic carbocycles. The number of nitrogens with zero attached hydrogens (tertiary/aromatic N) is 2. The van der Waals surface area contributed by atoms with Crippen LogP contribution >= 0.6 is 0 Å². The summed E-state index contributed by atoms with van der Waals surface area (Å²) in [4.78, 5) is 24.9. The molecule has 8 nitrogen and oxygen atoms in total. The summed E-state index contributed by atoms with van der Waals surface area (Å²) in [5.74, 6) is -1.41. The third-order valence-corrected chi connectivity index (χ3v) is 5.35.